The van der Waals surface area contributed by atoms with Crippen molar-refractivity contribution in [1.82, 2.24) is 25.2 Å². The third-order valence-corrected chi connectivity index (χ3v) is 9.76. The molecular formula is C33H32F2N6O2. The van der Waals surface area contributed by atoms with Crippen LogP contribution in [0.15, 0.2) is 36.5 Å². The Labute approximate surface area is 248 Å². The normalized spacial score (nSPS) is 26.7. The number of pyridine rings is 1. The molecule has 4 aromatic rings. The summed E-state index contributed by atoms with van der Waals surface area (Å²) in [6.07, 6.45) is 10.9. The average molecular weight is 583 g/mol. The lowest BCUT2D eigenvalue weighted by Gasteiger charge is -2.34. The van der Waals surface area contributed by atoms with Gasteiger partial charge in [0.05, 0.1) is 10.9 Å². The van der Waals surface area contributed by atoms with E-state index in [9.17, 15) is 9.50 Å². The highest BCUT2D eigenvalue weighted by atomic mass is 19.1. The zero-order valence-corrected chi connectivity index (χ0v) is 23.7. The standard InChI is InChI=1S/C33H32F2N6O2/c1-2-19-5-3-6-20-11-24(42)12-25(27(19)20)29-28(35)30-26(14-36-29)31(40-16-22-7-8-23(17-40)37-22)39-32(38-30)43-18-33-9-4-10-41(33)15-21(34)13-33/h1,3,5-6,11-12,14,21-23,37,42H,4,7-10,13,15-18H2/t21-,22?,23?,33+/m1/s1. The number of anilines is 1. The lowest BCUT2D eigenvalue weighted by Crippen LogP contribution is -2.51. The van der Waals surface area contributed by atoms with Crippen molar-refractivity contribution in [2.75, 3.05) is 37.7 Å². The van der Waals surface area contributed by atoms with Crippen LogP contribution >= 0.6 is 0 Å². The molecule has 6 heterocycles. The summed E-state index contributed by atoms with van der Waals surface area (Å²) in [7, 11) is 0. The van der Waals surface area contributed by atoms with Gasteiger partial charge in [0, 0.05) is 60.8 Å². The van der Waals surface area contributed by atoms with Crippen LogP contribution in [0.25, 0.3) is 32.9 Å². The van der Waals surface area contributed by atoms with Crippen LogP contribution in [0.2, 0.25) is 0 Å². The average Bonchev–Trinajstić information content (AvgIpc) is 3.65. The summed E-state index contributed by atoms with van der Waals surface area (Å²) in [4.78, 5) is 18.3. The number of halogens is 2. The van der Waals surface area contributed by atoms with Gasteiger partial charge in [0.1, 0.15) is 35.6 Å². The number of aromatic hydroxyl groups is 1. The molecule has 4 fully saturated rings. The molecule has 2 aromatic heterocycles. The maximum atomic E-state index is 16.7. The first-order valence-electron chi connectivity index (χ1n) is 15.0. The monoisotopic (exact) mass is 582 g/mol. The van der Waals surface area contributed by atoms with Crippen molar-refractivity contribution in [3.05, 3.63) is 47.9 Å². The molecule has 0 aliphatic carbocycles. The predicted octanol–water partition coefficient (Wildman–Crippen LogP) is 4.57. The second kappa shape index (κ2) is 10.00. The van der Waals surface area contributed by atoms with E-state index in [0.717, 1.165) is 45.3 Å². The number of hydrogen-bond acceptors (Lipinski definition) is 8. The van der Waals surface area contributed by atoms with Crippen molar-refractivity contribution in [1.29, 1.82) is 0 Å². The first-order valence-corrected chi connectivity index (χ1v) is 15.0. The van der Waals surface area contributed by atoms with Gasteiger partial charge in [0.2, 0.25) is 0 Å². The van der Waals surface area contributed by atoms with Gasteiger partial charge in [0.25, 0.3) is 0 Å². The third-order valence-electron chi connectivity index (χ3n) is 9.76. The number of alkyl halides is 1. The topological polar surface area (TPSA) is 86.6 Å². The lowest BCUT2D eigenvalue weighted by molar-refractivity contribution is 0.107. The van der Waals surface area contributed by atoms with Crippen molar-refractivity contribution in [3.8, 4) is 35.4 Å². The number of hydrogen-bond donors (Lipinski definition) is 2. The first kappa shape index (κ1) is 26.5. The van der Waals surface area contributed by atoms with Crippen molar-refractivity contribution in [2.45, 2.75) is 55.9 Å². The van der Waals surface area contributed by atoms with E-state index in [0.29, 0.717) is 58.2 Å². The largest absolute Gasteiger partial charge is 0.508 e. The number of rotatable bonds is 5. The summed E-state index contributed by atoms with van der Waals surface area (Å²) < 4.78 is 37.4. The van der Waals surface area contributed by atoms with E-state index in [1.54, 1.807) is 24.4 Å². The summed E-state index contributed by atoms with van der Waals surface area (Å²) in [5.41, 5.74) is 0.678. The molecule has 4 aliphatic rings. The third kappa shape index (κ3) is 4.36. The fourth-order valence-electron chi connectivity index (χ4n) is 7.85. The van der Waals surface area contributed by atoms with Crippen LogP contribution in [-0.4, -0.2) is 81.5 Å². The number of nitrogens with one attached hydrogen (secondary N) is 1. The lowest BCUT2D eigenvalue weighted by atomic mass is 9.95. The molecule has 2 bridgehead atoms. The summed E-state index contributed by atoms with van der Waals surface area (Å²) in [6, 6.07) is 9.21. The first-order chi connectivity index (χ1) is 20.9. The molecule has 4 aliphatic heterocycles. The fourth-order valence-corrected chi connectivity index (χ4v) is 7.85. The van der Waals surface area contributed by atoms with Gasteiger partial charge in [-0.1, -0.05) is 18.1 Å². The van der Waals surface area contributed by atoms with Crippen molar-refractivity contribution < 1.29 is 18.6 Å². The predicted molar refractivity (Wildman–Crippen MR) is 161 cm³/mol. The SMILES string of the molecule is C#Cc1cccc2cc(O)cc(-c3ncc4c(N5CC6CCC(C5)N6)nc(OC[C@@]56CCCN5C[C@H](F)C6)nc4c3F)c12. The number of benzene rings is 2. The maximum absolute atomic E-state index is 16.7. The van der Waals surface area contributed by atoms with Crippen molar-refractivity contribution >= 4 is 27.5 Å². The van der Waals surface area contributed by atoms with E-state index in [1.165, 1.54) is 6.07 Å². The number of fused-ring (bicyclic) bond motifs is 5. The molecule has 2 N–H and O–H groups in total. The molecule has 2 unspecified atom stereocenters. The Morgan fingerprint density at radius 1 is 1.16 bits per heavy atom. The van der Waals surface area contributed by atoms with Gasteiger partial charge in [-0.05, 0) is 55.8 Å². The highest BCUT2D eigenvalue weighted by molar-refractivity contribution is 6.02. The number of nitrogens with zero attached hydrogens (tertiary/aromatic N) is 5. The number of aromatic nitrogens is 3. The summed E-state index contributed by atoms with van der Waals surface area (Å²) in [5.74, 6) is 2.59. The van der Waals surface area contributed by atoms with Gasteiger partial charge in [-0.15, -0.1) is 6.42 Å². The second-order valence-corrected chi connectivity index (χ2v) is 12.5. The fraction of sp³-hybridized carbons (Fsp3) is 0.424. The zero-order valence-electron chi connectivity index (χ0n) is 23.7. The number of ether oxygens (including phenoxy) is 1. The molecule has 10 heteroatoms. The van der Waals surface area contributed by atoms with E-state index >= 15 is 4.39 Å². The van der Waals surface area contributed by atoms with Crippen LogP contribution in [0.5, 0.6) is 11.8 Å². The molecular weight excluding hydrogens is 550 g/mol. The van der Waals surface area contributed by atoms with E-state index in [4.69, 9.17) is 16.1 Å². The maximum Gasteiger partial charge on any atom is 0.319 e. The van der Waals surface area contributed by atoms with Gasteiger partial charge in [-0.2, -0.15) is 9.97 Å². The van der Waals surface area contributed by atoms with Gasteiger partial charge >= 0.3 is 6.01 Å². The molecule has 2 aromatic carbocycles. The van der Waals surface area contributed by atoms with Gasteiger partial charge in [0.15, 0.2) is 5.82 Å². The van der Waals surface area contributed by atoms with Gasteiger partial charge in [-0.25, -0.2) is 8.78 Å². The zero-order chi connectivity index (χ0) is 29.3. The summed E-state index contributed by atoms with van der Waals surface area (Å²) in [6.45, 7) is 2.97. The van der Waals surface area contributed by atoms with E-state index < -0.39 is 12.0 Å². The van der Waals surface area contributed by atoms with Gasteiger partial charge in [-0.3, -0.25) is 9.88 Å². The number of phenols is 1. The molecule has 4 saturated heterocycles. The highest BCUT2D eigenvalue weighted by Gasteiger charge is 2.49. The second-order valence-electron chi connectivity index (χ2n) is 12.5. The van der Waals surface area contributed by atoms with Crippen LogP contribution in [0.4, 0.5) is 14.6 Å². The van der Waals surface area contributed by atoms with Crippen molar-refractivity contribution in [3.63, 3.8) is 0 Å². The van der Waals surface area contributed by atoms with E-state index in [-0.39, 0.29) is 35.1 Å². The van der Waals surface area contributed by atoms with Crippen LogP contribution in [0.3, 0.4) is 0 Å². The van der Waals surface area contributed by atoms with Gasteiger partial charge < -0.3 is 20.1 Å². The quantitative estimate of drug-likeness (QED) is 0.331. The molecule has 0 amide bonds. The van der Waals surface area contributed by atoms with Crippen LogP contribution in [0, 0.1) is 18.2 Å². The molecule has 8 rings (SSSR count). The molecule has 43 heavy (non-hydrogen) atoms. The Bertz CT molecular complexity index is 1800. The molecule has 0 spiro atoms. The molecule has 0 radical (unpaired) electrons. The number of piperazine rings is 1. The van der Waals surface area contributed by atoms with Crippen molar-refractivity contribution in [2.24, 2.45) is 0 Å². The Morgan fingerprint density at radius 2 is 2.00 bits per heavy atom. The Morgan fingerprint density at radius 3 is 2.81 bits per heavy atom. The van der Waals surface area contributed by atoms with Crippen LogP contribution < -0.4 is 15.0 Å². The van der Waals surface area contributed by atoms with Crippen LogP contribution in [-0.2, 0) is 0 Å². The van der Waals surface area contributed by atoms with Crippen LogP contribution in [0.1, 0.15) is 37.7 Å². The number of phenolic OH excluding ortho intramolecular Hbond substituents is 1. The minimum Gasteiger partial charge on any atom is -0.508 e. The minimum atomic E-state index is -0.885. The number of terminal acetylenes is 1. The Kier molecular flexibility index (Phi) is 6.17. The molecule has 0 saturated carbocycles. The minimum absolute atomic E-state index is 0.0234. The Balaban J connectivity index is 1.27. The molecule has 8 nitrogen and oxygen atoms in total. The van der Waals surface area contributed by atoms with E-state index in [2.05, 4.69) is 31.0 Å². The Hall–Kier alpha value is -4.07. The van der Waals surface area contributed by atoms with E-state index in [1.807, 2.05) is 6.07 Å². The molecule has 220 valence electrons. The summed E-state index contributed by atoms with van der Waals surface area (Å²) >= 11 is 0. The highest BCUT2D eigenvalue weighted by Crippen LogP contribution is 2.42. The smallest absolute Gasteiger partial charge is 0.319 e. The molecule has 4 atom stereocenters. The summed E-state index contributed by atoms with van der Waals surface area (Å²) in [5, 5.41) is 16.0.